The van der Waals surface area contributed by atoms with Crippen LogP contribution in [0.2, 0.25) is 0 Å². The van der Waals surface area contributed by atoms with Crippen molar-refractivity contribution in [3.63, 3.8) is 0 Å². The van der Waals surface area contributed by atoms with Gasteiger partial charge in [0.05, 0.1) is 6.10 Å². The summed E-state index contributed by atoms with van der Waals surface area (Å²) in [4.78, 5) is 14.7. The third kappa shape index (κ3) is 2.46. The van der Waals surface area contributed by atoms with E-state index >= 15 is 0 Å². The molecule has 1 amide bonds. The predicted octanol–water partition coefficient (Wildman–Crippen LogP) is 2.06. The monoisotopic (exact) mass is 304 g/mol. The molecule has 2 rings (SSSR count). The normalized spacial score (nSPS) is 39.1. The Bertz CT molecular complexity index is 365. The van der Waals surface area contributed by atoms with Crippen LogP contribution in [0.15, 0.2) is 0 Å². The Labute approximate surface area is 128 Å². The first-order chi connectivity index (χ1) is 8.74. The lowest BCUT2D eigenvalue weighted by molar-refractivity contribution is -0.178. The highest BCUT2D eigenvalue weighted by Gasteiger charge is 2.64. The molecule has 0 radical (unpaired) electrons. The molecular weight excluding hydrogens is 276 g/mol. The Balaban J connectivity index is 0.00000200. The van der Waals surface area contributed by atoms with Gasteiger partial charge in [0.15, 0.2) is 0 Å². The molecule has 0 aromatic carbocycles. The molecule has 2 fully saturated rings. The maximum Gasteiger partial charge on any atom is 0.243 e. The molecule has 1 saturated heterocycles. The zero-order chi connectivity index (χ0) is 14.4. The van der Waals surface area contributed by atoms with Crippen molar-refractivity contribution in [1.82, 2.24) is 4.90 Å². The van der Waals surface area contributed by atoms with Crippen molar-refractivity contribution in [2.45, 2.75) is 52.7 Å². The number of hydrogen-bond donors (Lipinski definition) is 1. The lowest BCUT2D eigenvalue weighted by Crippen LogP contribution is -2.75. The molecule has 1 aliphatic heterocycles. The zero-order valence-corrected chi connectivity index (χ0v) is 14.1. The fraction of sp³-hybridized carbons (Fsp3) is 0.933. The number of amides is 1. The Hall–Kier alpha value is -0.320. The van der Waals surface area contributed by atoms with Gasteiger partial charge < -0.3 is 15.4 Å². The van der Waals surface area contributed by atoms with Crippen molar-refractivity contribution >= 4 is 18.3 Å². The van der Waals surface area contributed by atoms with Crippen molar-refractivity contribution < 1.29 is 9.53 Å². The van der Waals surface area contributed by atoms with Crippen LogP contribution in [0.5, 0.6) is 0 Å². The lowest BCUT2D eigenvalue weighted by Gasteiger charge is -2.58. The molecule has 0 aromatic heterocycles. The first-order valence-corrected chi connectivity index (χ1v) is 7.44. The summed E-state index contributed by atoms with van der Waals surface area (Å²) in [7, 11) is 0. The topological polar surface area (TPSA) is 55.6 Å². The lowest BCUT2D eigenvalue weighted by atomic mass is 9.54. The van der Waals surface area contributed by atoms with Gasteiger partial charge in [-0.3, -0.25) is 4.79 Å². The molecule has 20 heavy (non-hydrogen) atoms. The van der Waals surface area contributed by atoms with Gasteiger partial charge in [0.2, 0.25) is 5.91 Å². The van der Waals surface area contributed by atoms with Crippen molar-refractivity contribution in [1.29, 1.82) is 0 Å². The van der Waals surface area contributed by atoms with E-state index in [0.29, 0.717) is 24.9 Å². The minimum Gasteiger partial charge on any atom is -0.378 e. The summed E-state index contributed by atoms with van der Waals surface area (Å²) in [6.07, 6.45) is 0.746. The predicted molar refractivity (Wildman–Crippen MR) is 82.9 cm³/mol. The summed E-state index contributed by atoms with van der Waals surface area (Å²) >= 11 is 0. The summed E-state index contributed by atoms with van der Waals surface area (Å²) in [5.74, 6) is 1.25. The molecule has 118 valence electrons. The minimum absolute atomic E-state index is 0. The van der Waals surface area contributed by atoms with Crippen LogP contribution in [0.4, 0.5) is 0 Å². The van der Waals surface area contributed by atoms with Crippen LogP contribution in [-0.4, -0.2) is 42.1 Å². The molecule has 4 nitrogen and oxygen atoms in total. The van der Waals surface area contributed by atoms with E-state index in [1.54, 1.807) is 0 Å². The van der Waals surface area contributed by atoms with E-state index in [2.05, 4.69) is 27.7 Å². The SMILES string of the molecule is CCOC1CC(N)(C(=O)N2CC(C)C(C)C2)C1(C)C.Cl. The average molecular weight is 305 g/mol. The van der Waals surface area contributed by atoms with E-state index < -0.39 is 5.54 Å². The first kappa shape index (κ1) is 17.7. The van der Waals surface area contributed by atoms with Gasteiger partial charge in [0, 0.05) is 31.5 Å². The number of carbonyl (C=O) groups excluding carboxylic acids is 1. The molecule has 4 atom stereocenters. The van der Waals surface area contributed by atoms with Crippen molar-refractivity contribution in [3.8, 4) is 0 Å². The van der Waals surface area contributed by atoms with Crippen LogP contribution in [0.25, 0.3) is 0 Å². The maximum absolute atomic E-state index is 12.8. The molecule has 4 unspecified atom stereocenters. The van der Waals surface area contributed by atoms with E-state index in [0.717, 1.165) is 13.1 Å². The third-order valence-corrected chi connectivity index (χ3v) is 5.49. The van der Waals surface area contributed by atoms with E-state index in [4.69, 9.17) is 10.5 Å². The number of ether oxygens (including phenoxy) is 1. The fourth-order valence-corrected chi connectivity index (χ4v) is 3.38. The molecule has 0 spiro atoms. The van der Waals surface area contributed by atoms with Crippen LogP contribution in [-0.2, 0) is 9.53 Å². The van der Waals surface area contributed by atoms with Crippen molar-refractivity contribution in [3.05, 3.63) is 0 Å². The van der Waals surface area contributed by atoms with Crippen molar-refractivity contribution in [2.24, 2.45) is 23.0 Å². The number of halogens is 1. The van der Waals surface area contributed by atoms with Gasteiger partial charge in [0.25, 0.3) is 0 Å². The number of nitrogens with two attached hydrogens (primary N) is 1. The second-order valence-electron chi connectivity index (χ2n) is 7.01. The largest absolute Gasteiger partial charge is 0.378 e. The van der Waals surface area contributed by atoms with Crippen LogP contribution < -0.4 is 5.73 Å². The van der Waals surface area contributed by atoms with Gasteiger partial charge in [-0.2, -0.15) is 0 Å². The number of rotatable bonds is 3. The average Bonchev–Trinajstić information content (AvgIpc) is 2.68. The maximum atomic E-state index is 12.8. The molecule has 5 heteroatoms. The molecule has 1 aliphatic carbocycles. The molecular formula is C15H29ClN2O2. The van der Waals surface area contributed by atoms with E-state index in [-0.39, 0.29) is 29.8 Å². The van der Waals surface area contributed by atoms with Crippen LogP contribution >= 0.6 is 12.4 Å². The second-order valence-corrected chi connectivity index (χ2v) is 7.01. The highest BCUT2D eigenvalue weighted by atomic mass is 35.5. The van der Waals surface area contributed by atoms with Crippen LogP contribution in [0.1, 0.15) is 41.0 Å². The highest BCUT2D eigenvalue weighted by Crippen LogP contribution is 2.51. The Morgan fingerprint density at radius 2 is 1.80 bits per heavy atom. The van der Waals surface area contributed by atoms with E-state index in [1.807, 2.05) is 11.8 Å². The van der Waals surface area contributed by atoms with Gasteiger partial charge in [-0.15, -0.1) is 12.4 Å². The van der Waals surface area contributed by atoms with Crippen molar-refractivity contribution in [2.75, 3.05) is 19.7 Å². The standard InChI is InChI=1S/C15H28N2O2.ClH/c1-6-19-12-7-15(16,14(12,4)5)13(18)17-8-10(2)11(3)9-17;/h10-12H,6-9,16H2,1-5H3;1H. The summed E-state index contributed by atoms with van der Waals surface area (Å²) in [5.41, 5.74) is 5.41. The summed E-state index contributed by atoms with van der Waals surface area (Å²) in [6, 6.07) is 0. The zero-order valence-electron chi connectivity index (χ0n) is 13.3. The smallest absolute Gasteiger partial charge is 0.243 e. The number of carbonyl (C=O) groups is 1. The van der Waals surface area contributed by atoms with Gasteiger partial charge in [-0.05, 0) is 18.8 Å². The van der Waals surface area contributed by atoms with Gasteiger partial charge in [-0.25, -0.2) is 0 Å². The van der Waals surface area contributed by atoms with Crippen LogP contribution in [0.3, 0.4) is 0 Å². The van der Waals surface area contributed by atoms with Gasteiger partial charge >= 0.3 is 0 Å². The number of nitrogens with zero attached hydrogens (tertiary/aromatic N) is 1. The third-order valence-electron chi connectivity index (χ3n) is 5.49. The molecule has 1 saturated carbocycles. The number of likely N-dealkylation sites (tertiary alicyclic amines) is 1. The van der Waals surface area contributed by atoms with Gasteiger partial charge in [-0.1, -0.05) is 27.7 Å². The Morgan fingerprint density at radius 1 is 1.30 bits per heavy atom. The van der Waals surface area contributed by atoms with Gasteiger partial charge in [0.1, 0.15) is 5.54 Å². The molecule has 2 N–H and O–H groups in total. The van der Waals surface area contributed by atoms with E-state index in [9.17, 15) is 4.79 Å². The second kappa shape index (κ2) is 5.82. The molecule has 2 aliphatic rings. The van der Waals surface area contributed by atoms with E-state index in [1.165, 1.54) is 0 Å². The molecule has 1 heterocycles. The summed E-state index contributed by atoms with van der Waals surface area (Å²) in [6.45, 7) is 12.9. The Kier molecular flexibility index (Phi) is 5.16. The molecule has 0 aromatic rings. The Morgan fingerprint density at radius 3 is 2.20 bits per heavy atom. The fourth-order valence-electron chi connectivity index (χ4n) is 3.38. The highest BCUT2D eigenvalue weighted by molar-refractivity contribution is 5.89. The minimum atomic E-state index is -0.753. The quantitative estimate of drug-likeness (QED) is 0.868. The van der Waals surface area contributed by atoms with Crippen LogP contribution in [0, 0.1) is 17.3 Å². The summed E-state index contributed by atoms with van der Waals surface area (Å²) in [5, 5.41) is 0. The number of hydrogen-bond acceptors (Lipinski definition) is 3. The molecule has 0 bridgehead atoms. The first-order valence-electron chi connectivity index (χ1n) is 7.44. The summed E-state index contributed by atoms with van der Waals surface area (Å²) < 4.78 is 5.69.